The highest BCUT2D eigenvalue weighted by atomic mass is 32.1. The Morgan fingerprint density at radius 2 is 1.90 bits per heavy atom. The van der Waals surface area contributed by atoms with E-state index in [1.165, 1.54) is 18.3 Å². The standard InChI is InChI=1S/C17H12O2S/c1-3-11-8-9-14-16(15(11)10(2)18)17(19)12-6-4-5-7-13(12)20-14/h3-9H,1H2,2H3. The van der Waals surface area contributed by atoms with Crippen molar-refractivity contribution in [2.75, 3.05) is 0 Å². The molecule has 0 amide bonds. The molecule has 1 aromatic heterocycles. The van der Waals surface area contributed by atoms with E-state index >= 15 is 0 Å². The molecule has 2 aromatic carbocycles. The minimum absolute atomic E-state index is 0.0803. The van der Waals surface area contributed by atoms with Crippen molar-refractivity contribution in [1.82, 2.24) is 0 Å². The minimum Gasteiger partial charge on any atom is -0.294 e. The van der Waals surface area contributed by atoms with Crippen LogP contribution in [-0.4, -0.2) is 5.78 Å². The number of ketones is 1. The highest BCUT2D eigenvalue weighted by Crippen LogP contribution is 2.29. The largest absolute Gasteiger partial charge is 0.294 e. The summed E-state index contributed by atoms with van der Waals surface area (Å²) < 4.78 is 1.77. The molecule has 0 bridgehead atoms. The number of fused-ring (bicyclic) bond motifs is 2. The Morgan fingerprint density at radius 3 is 2.60 bits per heavy atom. The summed E-state index contributed by atoms with van der Waals surface area (Å²) in [6.45, 7) is 5.21. The van der Waals surface area contributed by atoms with Crippen LogP contribution in [0.5, 0.6) is 0 Å². The fourth-order valence-electron chi connectivity index (χ4n) is 2.46. The third kappa shape index (κ3) is 1.79. The van der Waals surface area contributed by atoms with Gasteiger partial charge < -0.3 is 0 Å². The minimum atomic E-state index is -0.106. The second-order valence-electron chi connectivity index (χ2n) is 4.59. The van der Waals surface area contributed by atoms with Crippen LogP contribution >= 0.6 is 11.3 Å². The van der Waals surface area contributed by atoms with Crippen LogP contribution in [0, 0.1) is 0 Å². The van der Waals surface area contributed by atoms with Gasteiger partial charge in [0.25, 0.3) is 0 Å². The van der Waals surface area contributed by atoms with Crippen molar-refractivity contribution in [3.8, 4) is 0 Å². The third-order valence-electron chi connectivity index (χ3n) is 3.35. The van der Waals surface area contributed by atoms with E-state index in [4.69, 9.17) is 0 Å². The molecule has 0 radical (unpaired) electrons. The summed E-state index contributed by atoms with van der Waals surface area (Å²) in [4.78, 5) is 24.6. The van der Waals surface area contributed by atoms with Crippen molar-refractivity contribution in [3.05, 3.63) is 64.3 Å². The molecule has 0 saturated heterocycles. The summed E-state index contributed by atoms with van der Waals surface area (Å²) in [7, 11) is 0. The van der Waals surface area contributed by atoms with Gasteiger partial charge in [-0.25, -0.2) is 0 Å². The Morgan fingerprint density at radius 1 is 1.15 bits per heavy atom. The molecule has 0 N–H and O–H groups in total. The molecule has 0 spiro atoms. The smallest absolute Gasteiger partial charge is 0.196 e. The molecular formula is C17H12O2S. The molecule has 20 heavy (non-hydrogen) atoms. The molecule has 0 fully saturated rings. The van der Waals surface area contributed by atoms with Gasteiger partial charge in [0.2, 0.25) is 0 Å². The van der Waals surface area contributed by atoms with Crippen LogP contribution in [0.1, 0.15) is 22.8 Å². The summed E-state index contributed by atoms with van der Waals surface area (Å²) >= 11 is 1.53. The first-order valence-electron chi connectivity index (χ1n) is 6.25. The first-order chi connectivity index (χ1) is 9.63. The maximum absolute atomic E-state index is 12.7. The Balaban J connectivity index is 2.63. The lowest BCUT2D eigenvalue weighted by Gasteiger charge is -2.08. The second-order valence-corrected chi connectivity index (χ2v) is 5.67. The number of carbonyl (C=O) groups excluding carboxylic acids is 1. The number of benzene rings is 2. The summed E-state index contributed by atoms with van der Waals surface area (Å²) in [5.41, 5.74) is 1.11. The van der Waals surface area contributed by atoms with Gasteiger partial charge in [-0.05, 0) is 30.7 Å². The summed E-state index contributed by atoms with van der Waals surface area (Å²) in [5.74, 6) is -0.106. The average Bonchev–Trinajstić information content (AvgIpc) is 2.46. The fraction of sp³-hybridized carbons (Fsp3) is 0.0588. The lowest BCUT2D eigenvalue weighted by Crippen LogP contribution is -2.08. The van der Waals surface area contributed by atoms with Crippen LogP contribution in [0.4, 0.5) is 0 Å². The summed E-state index contributed by atoms with van der Waals surface area (Å²) in [6.07, 6.45) is 1.62. The molecule has 0 unspecified atom stereocenters. The van der Waals surface area contributed by atoms with Gasteiger partial charge in [0.1, 0.15) is 0 Å². The van der Waals surface area contributed by atoms with Crippen LogP contribution in [0.2, 0.25) is 0 Å². The normalized spacial score (nSPS) is 10.8. The molecule has 0 aliphatic carbocycles. The summed E-state index contributed by atoms with van der Waals surface area (Å²) in [5, 5.41) is 1.17. The quantitative estimate of drug-likeness (QED) is 0.519. The first kappa shape index (κ1) is 12.8. The van der Waals surface area contributed by atoms with E-state index in [1.54, 1.807) is 12.1 Å². The van der Waals surface area contributed by atoms with E-state index in [0.717, 1.165) is 9.40 Å². The molecule has 3 rings (SSSR count). The van der Waals surface area contributed by atoms with Gasteiger partial charge >= 0.3 is 0 Å². The highest BCUT2D eigenvalue weighted by Gasteiger charge is 2.15. The van der Waals surface area contributed by atoms with Gasteiger partial charge in [0.05, 0.1) is 5.39 Å². The molecule has 98 valence electrons. The zero-order chi connectivity index (χ0) is 14.3. The van der Waals surface area contributed by atoms with Gasteiger partial charge in [-0.1, -0.05) is 30.9 Å². The van der Waals surface area contributed by atoms with E-state index in [9.17, 15) is 9.59 Å². The van der Waals surface area contributed by atoms with Crippen LogP contribution in [-0.2, 0) is 0 Å². The average molecular weight is 280 g/mol. The van der Waals surface area contributed by atoms with Gasteiger partial charge in [0.15, 0.2) is 11.2 Å². The maximum atomic E-state index is 12.7. The topological polar surface area (TPSA) is 34.1 Å². The second kappa shape index (κ2) is 4.69. The Hall–Kier alpha value is -2.26. The van der Waals surface area contributed by atoms with Crippen molar-refractivity contribution in [2.45, 2.75) is 6.92 Å². The Bertz CT molecular complexity index is 919. The van der Waals surface area contributed by atoms with E-state index in [0.29, 0.717) is 21.9 Å². The van der Waals surface area contributed by atoms with E-state index in [1.807, 2.05) is 30.3 Å². The fourth-order valence-corrected chi connectivity index (χ4v) is 3.54. The van der Waals surface area contributed by atoms with Crippen LogP contribution in [0.3, 0.4) is 0 Å². The predicted octanol–water partition coefficient (Wildman–Crippen LogP) is 4.26. The van der Waals surface area contributed by atoms with Gasteiger partial charge in [-0.15, -0.1) is 11.3 Å². The predicted molar refractivity (Wildman–Crippen MR) is 85.7 cm³/mol. The van der Waals surface area contributed by atoms with E-state index in [-0.39, 0.29) is 11.2 Å². The highest BCUT2D eigenvalue weighted by molar-refractivity contribution is 7.24. The van der Waals surface area contributed by atoms with E-state index < -0.39 is 0 Å². The lowest BCUT2D eigenvalue weighted by atomic mass is 9.99. The van der Waals surface area contributed by atoms with Gasteiger partial charge in [-0.2, -0.15) is 0 Å². The molecule has 0 aliphatic heterocycles. The Kier molecular flexibility index (Phi) is 2.99. The first-order valence-corrected chi connectivity index (χ1v) is 7.07. The van der Waals surface area contributed by atoms with Gasteiger partial charge in [0, 0.05) is 20.3 Å². The molecule has 2 nitrogen and oxygen atoms in total. The monoisotopic (exact) mass is 280 g/mol. The molecule has 1 heterocycles. The molecule has 3 aromatic rings. The van der Waals surface area contributed by atoms with Crippen molar-refractivity contribution >= 4 is 43.4 Å². The van der Waals surface area contributed by atoms with Crippen LogP contribution < -0.4 is 5.43 Å². The molecule has 3 heteroatoms. The lowest BCUT2D eigenvalue weighted by molar-refractivity contribution is 0.101. The number of hydrogen-bond donors (Lipinski definition) is 0. The maximum Gasteiger partial charge on any atom is 0.196 e. The van der Waals surface area contributed by atoms with Gasteiger partial charge in [-0.3, -0.25) is 9.59 Å². The molecular weight excluding hydrogens is 268 g/mol. The van der Waals surface area contributed by atoms with Crippen LogP contribution in [0.25, 0.3) is 26.2 Å². The van der Waals surface area contributed by atoms with E-state index in [2.05, 4.69) is 6.58 Å². The molecule has 0 aliphatic rings. The SMILES string of the molecule is C=Cc1ccc2sc3ccccc3c(=O)c2c1C(C)=O. The number of carbonyl (C=O) groups is 1. The van der Waals surface area contributed by atoms with Crippen molar-refractivity contribution in [3.63, 3.8) is 0 Å². The number of rotatable bonds is 2. The zero-order valence-electron chi connectivity index (χ0n) is 11.0. The van der Waals surface area contributed by atoms with Crippen molar-refractivity contribution in [2.24, 2.45) is 0 Å². The molecule has 0 atom stereocenters. The molecule has 0 saturated carbocycles. The third-order valence-corrected chi connectivity index (χ3v) is 4.49. The Labute approximate surface area is 120 Å². The van der Waals surface area contributed by atoms with Crippen molar-refractivity contribution < 1.29 is 4.79 Å². The summed E-state index contributed by atoms with van der Waals surface area (Å²) in [6, 6.07) is 11.2. The zero-order valence-corrected chi connectivity index (χ0v) is 11.8. The number of Topliss-reactive ketones (excluding diaryl/α,β-unsaturated/α-hetero) is 1. The number of hydrogen-bond acceptors (Lipinski definition) is 3. The van der Waals surface area contributed by atoms with Crippen molar-refractivity contribution in [1.29, 1.82) is 0 Å². The van der Waals surface area contributed by atoms with Crippen LogP contribution in [0.15, 0.2) is 47.8 Å².